The van der Waals surface area contributed by atoms with Crippen LogP contribution in [0.4, 0.5) is 30.4 Å². The Kier molecular flexibility index (Phi) is 4.26. The molecule has 0 unspecified atom stereocenters. The van der Waals surface area contributed by atoms with E-state index in [4.69, 9.17) is 5.73 Å². The largest absolute Gasteiger partial charge is 0.573 e. The van der Waals surface area contributed by atoms with Gasteiger partial charge in [-0.2, -0.15) is 0 Å². The number of ether oxygens (including phenoxy) is 1. The molecule has 0 aliphatic heterocycles. The van der Waals surface area contributed by atoms with E-state index in [2.05, 4.69) is 31.0 Å². The van der Waals surface area contributed by atoms with Crippen LogP contribution in [0.3, 0.4) is 0 Å². The number of alkyl halides is 3. The molecule has 0 aliphatic carbocycles. The zero-order valence-corrected chi connectivity index (χ0v) is 12.4. The maximum absolute atomic E-state index is 12.2. The first kappa shape index (κ1) is 15.4. The van der Waals surface area contributed by atoms with Crippen molar-refractivity contribution in [3.63, 3.8) is 0 Å². The number of aryl methyl sites for hydroxylation is 1. The summed E-state index contributed by atoms with van der Waals surface area (Å²) >= 11 is 3.04. The van der Waals surface area contributed by atoms with E-state index in [0.29, 0.717) is 17.2 Å². The molecule has 0 radical (unpaired) electrons. The maximum Gasteiger partial charge on any atom is 0.573 e. The molecule has 3 N–H and O–H groups in total. The molecule has 0 bridgehead atoms. The molecule has 21 heavy (non-hydrogen) atoms. The van der Waals surface area contributed by atoms with Crippen LogP contribution in [-0.4, -0.2) is 11.3 Å². The highest BCUT2D eigenvalue weighted by atomic mass is 79.9. The van der Waals surface area contributed by atoms with Gasteiger partial charge in [0.1, 0.15) is 11.6 Å². The molecule has 1 heterocycles. The van der Waals surface area contributed by atoms with Crippen molar-refractivity contribution in [3.05, 3.63) is 40.5 Å². The van der Waals surface area contributed by atoms with Crippen LogP contribution in [0.5, 0.6) is 5.75 Å². The predicted molar refractivity (Wildman–Crippen MR) is 77.5 cm³/mol. The minimum Gasteiger partial charge on any atom is -0.405 e. The van der Waals surface area contributed by atoms with Crippen molar-refractivity contribution in [2.45, 2.75) is 13.3 Å². The fourth-order valence-corrected chi connectivity index (χ4v) is 2.11. The summed E-state index contributed by atoms with van der Waals surface area (Å²) < 4.78 is 40.6. The molecule has 0 atom stereocenters. The minimum absolute atomic E-state index is 0.179. The van der Waals surface area contributed by atoms with Gasteiger partial charge in [-0.05, 0) is 52.7 Å². The van der Waals surface area contributed by atoms with Crippen molar-refractivity contribution >= 4 is 33.1 Å². The lowest BCUT2D eigenvalue weighted by Crippen LogP contribution is -2.17. The van der Waals surface area contributed by atoms with E-state index >= 15 is 0 Å². The molecule has 0 spiro atoms. The van der Waals surface area contributed by atoms with Crippen molar-refractivity contribution in [2.24, 2.45) is 0 Å². The Morgan fingerprint density at radius 2 is 2.00 bits per heavy atom. The molecule has 2 aromatic rings. The number of hydrogen-bond donors (Lipinski definition) is 2. The highest BCUT2D eigenvalue weighted by Gasteiger charge is 2.31. The highest BCUT2D eigenvalue weighted by Crippen LogP contribution is 2.33. The van der Waals surface area contributed by atoms with E-state index in [0.717, 1.165) is 5.56 Å². The van der Waals surface area contributed by atoms with E-state index < -0.39 is 6.36 Å². The zero-order chi connectivity index (χ0) is 15.6. The van der Waals surface area contributed by atoms with Gasteiger partial charge in [0.2, 0.25) is 0 Å². The molecule has 0 saturated heterocycles. The minimum atomic E-state index is -4.73. The quantitative estimate of drug-likeness (QED) is 0.851. The molecule has 1 aromatic carbocycles. The van der Waals surface area contributed by atoms with Gasteiger partial charge in [0.25, 0.3) is 0 Å². The van der Waals surface area contributed by atoms with E-state index in [-0.39, 0.29) is 10.2 Å². The van der Waals surface area contributed by atoms with Gasteiger partial charge < -0.3 is 15.8 Å². The van der Waals surface area contributed by atoms with Gasteiger partial charge in [0.15, 0.2) is 0 Å². The summed E-state index contributed by atoms with van der Waals surface area (Å²) in [5, 5.41) is 3.00. The zero-order valence-electron chi connectivity index (χ0n) is 10.8. The summed E-state index contributed by atoms with van der Waals surface area (Å²) in [6.45, 7) is 1.82. The Morgan fingerprint density at radius 3 is 2.57 bits per heavy atom. The molecular weight excluding hydrogens is 351 g/mol. The maximum atomic E-state index is 12.2. The van der Waals surface area contributed by atoms with Crippen molar-refractivity contribution in [1.29, 1.82) is 0 Å². The molecule has 0 aliphatic rings. The summed E-state index contributed by atoms with van der Waals surface area (Å²) in [6, 6.07) is 5.89. The van der Waals surface area contributed by atoms with Crippen LogP contribution in [0.15, 0.2) is 34.9 Å². The molecule has 1 aromatic heterocycles. The lowest BCUT2D eigenvalue weighted by molar-refractivity contribution is -0.274. The number of aromatic nitrogens is 1. The van der Waals surface area contributed by atoms with Crippen molar-refractivity contribution in [2.75, 3.05) is 11.1 Å². The van der Waals surface area contributed by atoms with Crippen LogP contribution in [0.2, 0.25) is 0 Å². The number of benzene rings is 1. The van der Waals surface area contributed by atoms with Gasteiger partial charge in [-0.3, -0.25) is 0 Å². The summed E-state index contributed by atoms with van der Waals surface area (Å²) in [5.74, 6) is 0.260. The summed E-state index contributed by atoms with van der Waals surface area (Å²) in [5.41, 5.74) is 7.53. The Labute approximate surface area is 127 Å². The second-order valence-electron chi connectivity index (χ2n) is 4.25. The van der Waals surface area contributed by atoms with Crippen LogP contribution in [0.1, 0.15) is 5.56 Å². The van der Waals surface area contributed by atoms with Crippen LogP contribution >= 0.6 is 15.9 Å². The lowest BCUT2D eigenvalue weighted by Gasteiger charge is -2.13. The molecule has 0 fully saturated rings. The predicted octanol–water partition coefficient (Wildman–Crippen LogP) is 4.38. The second-order valence-corrected chi connectivity index (χ2v) is 5.11. The Hall–Kier alpha value is -1.96. The number of nitrogens with one attached hydrogen (secondary N) is 1. The van der Waals surface area contributed by atoms with Gasteiger partial charge in [0.05, 0.1) is 16.4 Å². The first-order valence-corrected chi connectivity index (χ1v) is 6.58. The summed E-state index contributed by atoms with van der Waals surface area (Å²) in [6.07, 6.45) is -3.24. The molecule has 112 valence electrons. The third-order valence-electron chi connectivity index (χ3n) is 2.52. The third-order valence-corrected chi connectivity index (χ3v) is 3.14. The van der Waals surface area contributed by atoms with Crippen molar-refractivity contribution < 1.29 is 17.9 Å². The summed E-state index contributed by atoms with van der Waals surface area (Å²) in [7, 11) is 0. The first-order chi connectivity index (χ1) is 9.74. The molecule has 8 heteroatoms. The SMILES string of the molecule is Cc1cc(N)cnc1Nc1ccc(OC(F)(F)F)c(Br)c1. The number of hydrogen-bond acceptors (Lipinski definition) is 4. The van der Waals surface area contributed by atoms with Crippen LogP contribution in [-0.2, 0) is 0 Å². The molecule has 0 saturated carbocycles. The van der Waals surface area contributed by atoms with E-state index in [1.54, 1.807) is 6.07 Å². The molecule has 4 nitrogen and oxygen atoms in total. The van der Waals surface area contributed by atoms with E-state index in [9.17, 15) is 13.2 Å². The third kappa shape index (κ3) is 4.25. The number of halogens is 4. The van der Waals surface area contributed by atoms with Crippen LogP contribution in [0, 0.1) is 6.92 Å². The average Bonchev–Trinajstić information content (AvgIpc) is 2.35. The molecule has 2 rings (SSSR count). The Morgan fingerprint density at radius 1 is 1.29 bits per heavy atom. The average molecular weight is 362 g/mol. The van der Waals surface area contributed by atoms with Crippen LogP contribution in [0.25, 0.3) is 0 Å². The van der Waals surface area contributed by atoms with Crippen molar-refractivity contribution in [1.82, 2.24) is 4.98 Å². The number of nitrogen functional groups attached to an aromatic ring is 1. The topological polar surface area (TPSA) is 60.2 Å². The lowest BCUT2D eigenvalue weighted by atomic mass is 10.2. The molecule has 0 amide bonds. The van der Waals surface area contributed by atoms with Crippen LogP contribution < -0.4 is 15.8 Å². The Bertz CT molecular complexity index is 662. The standard InChI is InChI=1S/C13H11BrF3N3O/c1-7-4-8(18)6-19-12(7)20-9-2-3-11(10(14)5-9)21-13(15,16)17/h2-6H,18H2,1H3,(H,19,20). The fraction of sp³-hybridized carbons (Fsp3) is 0.154. The van der Waals surface area contributed by atoms with E-state index in [1.807, 2.05) is 6.92 Å². The number of pyridine rings is 1. The van der Waals surface area contributed by atoms with Gasteiger partial charge in [-0.25, -0.2) is 4.98 Å². The van der Waals surface area contributed by atoms with E-state index in [1.165, 1.54) is 24.4 Å². The number of nitrogens with two attached hydrogens (primary N) is 1. The normalized spacial score (nSPS) is 11.3. The fourth-order valence-electron chi connectivity index (χ4n) is 1.65. The van der Waals surface area contributed by atoms with Gasteiger partial charge in [-0.15, -0.1) is 13.2 Å². The molecular formula is C13H11BrF3N3O. The Balaban J connectivity index is 2.20. The summed E-state index contributed by atoms with van der Waals surface area (Å²) in [4.78, 5) is 4.12. The number of nitrogens with zero attached hydrogens (tertiary/aromatic N) is 1. The van der Waals surface area contributed by atoms with Crippen molar-refractivity contribution in [3.8, 4) is 5.75 Å². The van der Waals surface area contributed by atoms with Gasteiger partial charge in [-0.1, -0.05) is 0 Å². The number of rotatable bonds is 3. The van der Waals surface area contributed by atoms with Gasteiger partial charge in [0, 0.05) is 5.69 Å². The second kappa shape index (κ2) is 5.80. The first-order valence-electron chi connectivity index (χ1n) is 5.79. The highest BCUT2D eigenvalue weighted by molar-refractivity contribution is 9.10. The smallest absolute Gasteiger partial charge is 0.405 e. The van der Waals surface area contributed by atoms with Gasteiger partial charge >= 0.3 is 6.36 Å². The number of anilines is 3. The monoisotopic (exact) mass is 361 g/mol.